The molecular weight excluding hydrogens is 236 g/mol. The number of amides is 1. The summed E-state index contributed by atoms with van der Waals surface area (Å²) < 4.78 is 4.69. The number of benzene rings is 1. The number of anilines is 1. The summed E-state index contributed by atoms with van der Waals surface area (Å²) in [4.78, 5) is 18.8. The Morgan fingerprint density at radius 2 is 2.17 bits per heavy atom. The number of rotatable bonds is 3. The molecule has 18 heavy (non-hydrogen) atoms. The first kappa shape index (κ1) is 11.9. The maximum Gasteiger partial charge on any atom is 0.425 e. The number of nitrogens with one attached hydrogen (secondary N) is 2. The van der Waals surface area contributed by atoms with E-state index in [1.165, 1.54) is 0 Å². The highest BCUT2D eigenvalue weighted by Crippen LogP contribution is 2.21. The molecule has 0 fully saturated rings. The Morgan fingerprint density at radius 3 is 2.94 bits per heavy atom. The number of ether oxygens (including phenoxy) is 1. The van der Waals surface area contributed by atoms with Gasteiger partial charge in [0.25, 0.3) is 0 Å². The van der Waals surface area contributed by atoms with Gasteiger partial charge in [0.05, 0.1) is 12.1 Å². The number of para-hydroxylation sites is 1. The fourth-order valence-corrected chi connectivity index (χ4v) is 1.44. The van der Waals surface area contributed by atoms with E-state index in [1.54, 1.807) is 31.2 Å². The van der Waals surface area contributed by atoms with Gasteiger partial charge in [-0.05, 0) is 19.1 Å². The molecule has 0 spiro atoms. The van der Waals surface area contributed by atoms with Crippen LogP contribution in [0.5, 0.6) is 6.01 Å². The van der Waals surface area contributed by atoms with Crippen LogP contribution in [0.4, 0.5) is 10.6 Å². The van der Waals surface area contributed by atoms with E-state index in [2.05, 4.69) is 25.6 Å². The van der Waals surface area contributed by atoms with Crippen molar-refractivity contribution in [1.29, 1.82) is 0 Å². The van der Waals surface area contributed by atoms with Crippen LogP contribution in [0.15, 0.2) is 24.3 Å². The number of fused-ring (bicyclic) bond motifs is 1. The Morgan fingerprint density at radius 1 is 1.39 bits per heavy atom. The van der Waals surface area contributed by atoms with Crippen LogP contribution >= 0.6 is 0 Å². The van der Waals surface area contributed by atoms with Crippen molar-refractivity contribution >= 4 is 22.8 Å². The van der Waals surface area contributed by atoms with E-state index in [9.17, 15) is 9.90 Å². The molecule has 94 valence electrons. The lowest BCUT2D eigenvalue weighted by molar-refractivity contribution is 0.154. The largest absolute Gasteiger partial charge is 0.479 e. The monoisotopic (exact) mass is 248 g/mol. The van der Waals surface area contributed by atoms with Gasteiger partial charge in [-0.3, -0.25) is 5.43 Å². The summed E-state index contributed by atoms with van der Waals surface area (Å²) in [6.07, 6.45) is -0.625. The van der Waals surface area contributed by atoms with E-state index in [4.69, 9.17) is 0 Å². The summed E-state index contributed by atoms with van der Waals surface area (Å²) in [7, 11) is 0. The Kier molecular flexibility index (Phi) is 3.42. The van der Waals surface area contributed by atoms with Crippen molar-refractivity contribution in [2.24, 2.45) is 0 Å². The maximum atomic E-state index is 11.1. The van der Waals surface area contributed by atoms with Gasteiger partial charge in [-0.2, -0.15) is 9.97 Å². The molecule has 7 nitrogen and oxygen atoms in total. The maximum absolute atomic E-state index is 11.1. The topological polar surface area (TPSA) is 96.4 Å². The minimum Gasteiger partial charge on any atom is -0.479 e. The first-order valence-corrected chi connectivity index (χ1v) is 5.35. The summed E-state index contributed by atoms with van der Waals surface area (Å²) in [5.41, 5.74) is 5.45. The van der Waals surface area contributed by atoms with Gasteiger partial charge < -0.3 is 9.84 Å². The van der Waals surface area contributed by atoms with E-state index >= 15 is 0 Å². The van der Waals surface area contributed by atoms with E-state index < -0.39 is 6.09 Å². The Labute approximate surface area is 103 Å². The molecule has 0 radical (unpaired) electrons. The number of aromatic hydroxyl groups is 1. The second-order valence-corrected chi connectivity index (χ2v) is 3.36. The van der Waals surface area contributed by atoms with Crippen LogP contribution < -0.4 is 10.9 Å². The molecule has 0 saturated carbocycles. The molecule has 2 rings (SSSR count). The molecule has 0 bridgehead atoms. The molecule has 0 unspecified atom stereocenters. The van der Waals surface area contributed by atoms with Crippen molar-refractivity contribution in [3.05, 3.63) is 24.3 Å². The van der Waals surface area contributed by atoms with Crippen molar-refractivity contribution in [3.8, 4) is 6.01 Å². The molecule has 3 N–H and O–H groups in total. The average Bonchev–Trinajstić information content (AvgIpc) is 2.36. The van der Waals surface area contributed by atoms with Crippen LogP contribution in [0.25, 0.3) is 10.9 Å². The lowest BCUT2D eigenvalue weighted by Crippen LogP contribution is -2.30. The van der Waals surface area contributed by atoms with Crippen LogP contribution in [-0.2, 0) is 4.74 Å². The molecular formula is C11H12N4O3. The number of hydrogen-bond acceptors (Lipinski definition) is 6. The van der Waals surface area contributed by atoms with Gasteiger partial charge in [-0.25, -0.2) is 10.2 Å². The summed E-state index contributed by atoms with van der Waals surface area (Å²) in [6, 6.07) is 6.72. The molecule has 1 aromatic carbocycles. The second kappa shape index (κ2) is 5.17. The summed E-state index contributed by atoms with van der Waals surface area (Å²) in [5.74, 6) is 0.297. The SMILES string of the molecule is CCOC(=O)NNc1nc(O)nc2ccccc12. The summed E-state index contributed by atoms with van der Waals surface area (Å²) in [6.45, 7) is 1.97. The fourth-order valence-electron chi connectivity index (χ4n) is 1.44. The molecule has 0 aliphatic rings. The van der Waals surface area contributed by atoms with Gasteiger partial charge in [0, 0.05) is 5.39 Å². The molecule has 7 heteroatoms. The van der Waals surface area contributed by atoms with Crippen molar-refractivity contribution < 1.29 is 14.6 Å². The molecule has 0 saturated heterocycles. The predicted octanol–water partition coefficient (Wildman–Crippen LogP) is 1.41. The van der Waals surface area contributed by atoms with Crippen LogP contribution in [0, 0.1) is 0 Å². The van der Waals surface area contributed by atoms with Crippen molar-refractivity contribution in [2.45, 2.75) is 6.92 Å². The van der Waals surface area contributed by atoms with Crippen LogP contribution in [-0.4, -0.2) is 27.8 Å². The third-order valence-corrected chi connectivity index (χ3v) is 2.15. The summed E-state index contributed by atoms with van der Waals surface area (Å²) in [5, 5.41) is 10.0. The number of carbonyl (C=O) groups excluding carboxylic acids is 1. The molecule has 0 atom stereocenters. The first-order valence-electron chi connectivity index (χ1n) is 5.35. The highest BCUT2D eigenvalue weighted by molar-refractivity contribution is 5.89. The van der Waals surface area contributed by atoms with E-state index in [1.807, 2.05) is 0 Å². The lowest BCUT2D eigenvalue weighted by Gasteiger charge is -2.09. The zero-order chi connectivity index (χ0) is 13.0. The Balaban J connectivity index is 2.24. The first-order chi connectivity index (χ1) is 8.70. The van der Waals surface area contributed by atoms with Crippen molar-refractivity contribution in [3.63, 3.8) is 0 Å². The molecule has 2 aromatic rings. The Bertz CT molecular complexity index is 573. The van der Waals surface area contributed by atoms with Gasteiger partial charge in [-0.15, -0.1) is 0 Å². The normalized spacial score (nSPS) is 10.1. The highest BCUT2D eigenvalue weighted by Gasteiger charge is 2.07. The van der Waals surface area contributed by atoms with Gasteiger partial charge in [-0.1, -0.05) is 12.1 Å². The number of hydrazine groups is 1. The molecule has 1 amide bonds. The molecule has 1 aromatic heterocycles. The molecule has 0 aliphatic carbocycles. The second-order valence-electron chi connectivity index (χ2n) is 3.36. The third kappa shape index (κ3) is 2.57. The Hall–Kier alpha value is -2.57. The fraction of sp³-hybridized carbons (Fsp3) is 0.182. The molecule has 1 heterocycles. The summed E-state index contributed by atoms with van der Waals surface area (Å²) >= 11 is 0. The van der Waals surface area contributed by atoms with Crippen LogP contribution in [0.2, 0.25) is 0 Å². The standard InChI is InChI=1S/C11H12N4O3/c1-2-18-11(17)15-14-9-7-5-3-4-6-8(7)12-10(16)13-9/h3-6H,2H2,1H3,(H,15,17)(H2,12,13,14,16). The van der Waals surface area contributed by atoms with Gasteiger partial charge >= 0.3 is 12.1 Å². The number of hydrogen-bond donors (Lipinski definition) is 3. The van der Waals surface area contributed by atoms with Gasteiger partial charge in [0.2, 0.25) is 0 Å². The van der Waals surface area contributed by atoms with Crippen molar-refractivity contribution in [1.82, 2.24) is 15.4 Å². The zero-order valence-corrected chi connectivity index (χ0v) is 9.67. The number of carbonyl (C=O) groups is 1. The number of aromatic nitrogens is 2. The molecule has 0 aliphatic heterocycles. The zero-order valence-electron chi connectivity index (χ0n) is 9.67. The average molecular weight is 248 g/mol. The van der Waals surface area contributed by atoms with E-state index in [-0.39, 0.29) is 12.6 Å². The smallest absolute Gasteiger partial charge is 0.425 e. The minimum absolute atomic E-state index is 0.267. The quantitative estimate of drug-likeness (QED) is 0.710. The van der Waals surface area contributed by atoms with Gasteiger partial charge in [0.15, 0.2) is 5.82 Å². The lowest BCUT2D eigenvalue weighted by atomic mass is 10.2. The van der Waals surface area contributed by atoms with Crippen LogP contribution in [0.3, 0.4) is 0 Å². The van der Waals surface area contributed by atoms with E-state index in [0.717, 1.165) is 0 Å². The van der Waals surface area contributed by atoms with E-state index in [0.29, 0.717) is 16.7 Å². The number of nitrogens with zero attached hydrogens (tertiary/aromatic N) is 2. The van der Waals surface area contributed by atoms with Crippen molar-refractivity contribution in [2.75, 3.05) is 12.0 Å². The third-order valence-electron chi connectivity index (χ3n) is 2.15. The van der Waals surface area contributed by atoms with Gasteiger partial charge in [0.1, 0.15) is 0 Å². The minimum atomic E-state index is -0.625. The predicted molar refractivity (Wildman–Crippen MR) is 65.0 cm³/mol. The highest BCUT2D eigenvalue weighted by atomic mass is 16.5. The van der Waals surface area contributed by atoms with Crippen LogP contribution in [0.1, 0.15) is 6.92 Å².